The standard InChI is InChI=1S/C63H43N/c1-6-16-44(17-7-1)47-26-28-49(29-27-47)51-35-39-62-58(40-51)59(50-32-30-48(31-33-50)45-18-8-2-9-19-45)43-64(62)55-36-38-57-56-37-34-52(46-20-10-3-11-21-46)41-60(56)63(61(57)42-55,53-22-12-4-13-23-53)54-24-14-5-15-25-54/h1-43H. The summed E-state index contributed by atoms with van der Waals surface area (Å²) >= 11 is 0. The van der Waals surface area contributed by atoms with Gasteiger partial charge in [-0.15, -0.1) is 0 Å². The quantitative estimate of drug-likeness (QED) is 0.144. The molecule has 1 aliphatic rings. The minimum absolute atomic E-state index is 0.549. The van der Waals surface area contributed by atoms with Gasteiger partial charge in [0.2, 0.25) is 0 Å². The first-order valence-electron chi connectivity index (χ1n) is 22.2. The first-order valence-corrected chi connectivity index (χ1v) is 22.2. The van der Waals surface area contributed by atoms with Gasteiger partial charge in [0.25, 0.3) is 0 Å². The number of rotatable bonds is 8. The van der Waals surface area contributed by atoms with E-state index in [1.165, 1.54) is 99.9 Å². The minimum Gasteiger partial charge on any atom is -0.316 e. The Kier molecular flexibility index (Phi) is 9.13. The van der Waals surface area contributed by atoms with Gasteiger partial charge in [-0.3, -0.25) is 0 Å². The summed E-state index contributed by atoms with van der Waals surface area (Å²) in [5.74, 6) is 0. The second kappa shape index (κ2) is 15.6. The third-order valence-electron chi connectivity index (χ3n) is 13.4. The molecule has 64 heavy (non-hydrogen) atoms. The third-order valence-corrected chi connectivity index (χ3v) is 13.4. The molecule has 1 aromatic heterocycles. The van der Waals surface area contributed by atoms with Crippen LogP contribution in [-0.2, 0) is 5.41 Å². The van der Waals surface area contributed by atoms with Crippen LogP contribution in [-0.4, -0.2) is 4.57 Å². The average molecular weight is 814 g/mol. The van der Waals surface area contributed by atoms with Gasteiger partial charge in [0.1, 0.15) is 0 Å². The van der Waals surface area contributed by atoms with E-state index in [1.807, 2.05) is 0 Å². The molecule has 0 amide bonds. The molecule has 0 spiro atoms. The molecule has 0 saturated carbocycles. The van der Waals surface area contributed by atoms with Gasteiger partial charge in [-0.1, -0.05) is 224 Å². The van der Waals surface area contributed by atoms with Gasteiger partial charge in [0.05, 0.1) is 10.9 Å². The van der Waals surface area contributed by atoms with Gasteiger partial charge in [-0.05, 0) is 114 Å². The molecule has 10 aromatic carbocycles. The summed E-state index contributed by atoms with van der Waals surface area (Å²) in [6, 6.07) is 93.5. The molecule has 1 heteroatoms. The molecule has 0 unspecified atom stereocenters. The molecule has 0 atom stereocenters. The normalized spacial score (nSPS) is 12.5. The molecule has 0 fully saturated rings. The van der Waals surface area contributed by atoms with Crippen LogP contribution < -0.4 is 0 Å². The van der Waals surface area contributed by atoms with E-state index < -0.39 is 5.41 Å². The van der Waals surface area contributed by atoms with Crippen molar-refractivity contribution >= 4 is 10.9 Å². The van der Waals surface area contributed by atoms with Crippen molar-refractivity contribution < 1.29 is 0 Å². The van der Waals surface area contributed by atoms with Crippen molar-refractivity contribution in [1.29, 1.82) is 0 Å². The number of fused-ring (bicyclic) bond motifs is 4. The minimum atomic E-state index is -0.549. The van der Waals surface area contributed by atoms with E-state index in [2.05, 4.69) is 266 Å². The van der Waals surface area contributed by atoms with E-state index in [0.29, 0.717) is 0 Å². The third kappa shape index (κ3) is 6.24. The summed E-state index contributed by atoms with van der Waals surface area (Å²) in [4.78, 5) is 0. The van der Waals surface area contributed by atoms with Gasteiger partial charge >= 0.3 is 0 Å². The zero-order chi connectivity index (χ0) is 42.5. The summed E-state index contributed by atoms with van der Waals surface area (Å²) in [7, 11) is 0. The van der Waals surface area contributed by atoms with Gasteiger partial charge < -0.3 is 4.57 Å². The Morgan fingerprint density at radius 1 is 0.266 bits per heavy atom. The van der Waals surface area contributed by atoms with Crippen LogP contribution in [0.1, 0.15) is 22.3 Å². The first-order chi connectivity index (χ1) is 31.7. The molecule has 1 nitrogen and oxygen atoms in total. The molecule has 0 saturated heterocycles. The number of benzene rings is 10. The molecule has 1 aliphatic carbocycles. The molecular formula is C63H43N. The van der Waals surface area contributed by atoms with E-state index in [0.717, 1.165) is 5.69 Å². The molecule has 0 N–H and O–H groups in total. The average Bonchev–Trinajstić information content (AvgIpc) is 3.91. The van der Waals surface area contributed by atoms with Crippen LogP contribution in [0.3, 0.4) is 0 Å². The van der Waals surface area contributed by atoms with Crippen molar-refractivity contribution in [2.24, 2.45) is 0 Å². The maximum atomic E-state index is 2.47. The highest BCUT2D eigenvalue weighted by atomic mass is 15.0. The second-order valence-electron chi connectivity index (χ2n) is 16.9. The summed E-state index contributed by atoms with van der Waals surface area (Å²) in [5.41, 5.74) is 21.4. The Morgan fingerprint density at radius 2 is 0.641 bits per heavy atom. The second-order valence-corrected chi connectivity index (χ2v) is 16.9. The smallest absolute Gasteiger partial charge is 0.0714 e. The molecule has 0 radical (unpaired) electrons. The Morgan fingerprint density at radius 3 is 1.17 bits per heavy atom. The van der Waals surface area contributed by atoms with Crippen LogP contribution in [0.2, 0.25) is 0 Å². The van der Waals surface area contributed by atoms with Gasteiger partial charge in [-0.25, -0.2) is 0 Å². The van der Waals surface area contributed by atoms with Crippen molar-refractivity contribution in [2.75, 3.05) is 0 Å². The molecule has 11 aromatic rings. The number of hydrogen-bond donors (Lipinski definition) is 0. The topological polar surface area (TPSA) is 4.93 Å². The summed E-state index contributed by atoms with van der Waals surface area (Å²) in [6.07, 6.45) is 2.36. The SMILES string of the molecule is c1ccc(-c2ccc(-c3ccc4c(c3)c(-c3ccc(-c5ccccc5)cc3)cn4-c3ccc4c(c3)C(c3ccccc3)(c3ccccc3)c3cc(-c5ccccc5)ccc3-4)cc2)cc1. The van der Waals surface area contributed by atoms with E-state index in [4.69, 9.17) is 0 Å². The lowest BCUT2D eigenvalue weighted by molar-refractivity contribution is 0.767. The van der Waals surface area contributed by atoms with Crippen LogP contribution in [0.15, 0.2) is 261 Å². The van der Waals surface area contributed by atoms with Crippen molar-refractivity contribution in [2.45, 2.75) is 5.41 Å². The van der Waals surface area contributed by atoms with Crippen LogP contribution in [0.5, 0.6) is 0 Å². The van der Waals surface area contributed by atoms with Crippen molar-refractivity contribution in [3.05, 3.63) is 283 Å². The van der Waals surface area contributed by atoms with E-state index >= 15 is 0 Å². The highest BCUT2D eigenvalue weighted by Gasteiger charge is 2.46. The largest absolute Gasteiger partial charge is 0.316 e. The number of nitrogens with zero attached hydrogens (tertiary/aromatic N) is 1. The highest BCUT2D eigenvalue weighted by molar-refractivity contribution is 6.00. The summed E-state index contributed by atoms with van der Waals surface area (Å²) < 4.78 is 2.41. The molecular weight excluding hydrogens is 771 g/mol. The van der Waals surface area contributed by atoms with E-state index in [-0.39, 0.29) is 0 Å². The maximum absolute atomic E-state index is 2.47. The highest BCUT2D eigenvalue weighted by Crippen LogP contribution is 2.57. The monoisotopic (exact) mass is 813 g/mol. The van der Waals surface area contributed by atoms with Crippen molar-refractivity contribution in [3.63, 3.8) is 0 Å². The van der Waals surface area contributed by atoms with E-state index in [1.54, 1.807) is 0 Å². The maximum Gasteiger partial charge on any atom is 0.0714 e. The van der Waals surface area contributed by atoms with E-state index in [9.17, 15) is 0 Å². The number of hydrogen-bond acceptors (Lipinski definition) is 0. The fourth-order valence-corrected chi connectivity index (χ4v) is 10.2. The van der Waals surface area contributed by atoms with Crippen LogP contribution in [0, 0.1) is 0 Å². The van der Waals surface area contributed by atoms with Crippen LogP contribution in [0.25, 0.3) is 83.4 Å². The predicted octanol–water partition coefficient (Wildman–Crippen LogP) is 16.3. The fourth-order valence-electron chi connectivity index (χ4n) is 10.2. The summed E-state index contributed by atoms with van der Waals surface area (Å²) in [6.45, 7) is 0. The van der Waals surface area contributed by atoms with Crippen molar-refractivity contribution in [1.82, 2.24) is 4.57 Å². The Hall–Kier alpha value is -8.26. The molecule has 300 valence electrons. The van der Waals surface area contributed by atoms with Gasteiger partial charge in [-0.2, -0.15) is 0 Å². The van der Waals surface area contributed by atoms with Crippen LogP contribution in [0.4, 0.5) is 0 Å². The lowest BCUT2D eigenvalue weighted by atomic mass is 9.67. The fraction of sp³-hybridized carbons (Fsp3) is 0.0159. The zero-order valence-corrected chi connectivity index (χ0v) is 35.3. The summed E-state index contributed by atoms with van der Waals surface area (Å²) in [5, 5.41) is 1.21. The Balaban J connectivity index is 1.06. The lowest BCUT2D eigenvalue weighted by Crippen LogP contribution is -2.28. The molecule has 1 heterocycles. The molecule has 0 bridgehead atoms. The first kappa shape index (κ1) is 37.5. The van der Waals surface area contributed by atoms with Gasteiger partial charge in [0, 0.05) is 22.8 Å². The van der Waals surface area contributed by atoms with Crippen molar-refractivity contribution in [3.8, 4) is 72.4 Å². The Bertz CT molecular complexity index is 3380. The van der Waals surface area contributed by atoms with Crippen LogP contribution >= 0.6 is 0 Å². The van der Waals surface area contributed by atoms with Gasteiger partial charge in [0.15, 0.2) is 0 Å². The predicted molar refractivity (Wildman–Crippen MR) is 268 cm³/mol. The number of aromatic nitrogens is 1. The zero-order valence-electron chi connectivity index (χ0n) is 35.3. The molecule has 12 rings (SSSR count). The lowest BCUT2D eigenvalue weighted by Gasteiger charge is -2.34. The Labute approximate surface area is 374 Å². The molecule has 0 aliphatic heterocycles.